The lowest BCUT2D eigenvalue weighted by atomic mass is 10.2. The normalized spacial score (nSPS) is 17.3. The molecule has 17 heavy (non-hydrogen) atoms. The molecule has 6 heteroatoms. The van der Waals surface area contributed by atoms with Crippen LogP contribution < -0.4 is 24.0 Å². The van der Waals surface area contributed by atoms with E-state index in [1.807, 2.05) is 17.0 Å². The lowest BCUT2D eigenvalue weighted by Gasteiger charge is -2.41. The van der Waals surface area contributed by atoms with Gasteiger partial charge in [-0.25, -0.2) is 0 Å². The molecule has 1 fully saturated rings. The van der Waals surface area contributed by atoms with Crippen molar-refractivity contribution >= 4 is 0 Å². The molecule has 1 aliphatic rings. The average Bonchev–Trinajstić information content (AvgIpc) is 2.29. The van der Waals surface area contributed by atoms with Gasteiger partial charge in [0.25, 0.3) is 0 Å². The van der Waals surface area contributed by atoms with E-state index in [0.29, 0.717) is 0 Å². The van der Waals surface area contributed by atoms with Gasteiger partial charge in [0.2, 0.25) is 0 Å². The third kappa shape index (κ3) is 4.90. The van der Waals surface area contributed by atoms with Crippen molar-refractivity contribution in [3.63, 3.8) is 0 Å². The summed E-state index contributed by atoms with van der Waals surface area (Å²) in [7, 11) is 2.12. The molecule has 0 radical (unpaired) electrons. The highest BCUT2D eigenvalue weighted by atomic mass is 127. The first-order valence-corrected chi connectivity index (χ1v) is 5.34. The number of halogens is 1. The summed E-state index contributed by atoms with van der Waals surface area (Å²) in [6.45, 7) is 4.48. The van der Waals surface area contributed by atoms with E-state index in [1.165, 1.54) is 0 Å². The summed E-state index contributed by atoms with van der Waals surface area (Å²) in [5.74, 6) is 0. The molecule has 1 aliphatic heterocycles. The molecule has 5 nitrogen and oxygen atoms in total. The topological polar surface area (TPSA) is 71.0 Å². The van der Waals surface area contributed by atoms with Crippen molar-refractivity contribution in [1.82, 2.24) is 4.90 Å². The predicted molar refractivity (Wildman–Crippen MR) is 58.8 cm³/mol. The number of nitriles is 2. The molecule has 0 bridgehead atoms. The van der Waals surface area contributed by atoms with Crippen molar-refractivity contribution < 1.29 is 33.6 Å². The molecule has 0 saturated carbocycles. The lowest BCUT2D eigenvalue weighted by molar-refractivity contribution is -0.913. The molecule has 0 spiro atoms. The van der Waals surface area contributed by atoms with E-state index in [0.717, 1.165) is 37.2 Å². The molecule has 0 amide bonds. The maximum Gasteiger partial charge on any atom is 0.145 e. The number of allylic oxidation sites excluding steroid dienone is 1. The molecule has 1 saturated heterocycles. The van der Waals surface area contributed by atoms with Crippen molar-refractivity contribution in [3.8, 4) is 12.1 Å². The monoisotopic (exact) mass is 348 g/mol. The average molecular weight is 348 g/mol. The summed E-state index contributed by atoms with van der Waals surface area (Å²) in [6.07, 6.45) is 1.63. The SMILES string of the molecule is C[N+]1(CCO)CCN(C=C(C#N)C#N)CC1.[I-]. The van der Waals surface area contributed by atoms with Crippen LogP contribution in [0.2, 0.25) is 0 Å². The molecule has 0 aromatic carbocycles. The van der Waals surface area contributed by atoms with E-state index in [4.69, 9.17) is 15.6 Å². The minimum atomic E-state index is 0. The van der Waals surface area contributed by atoms with Gasteiger partial charge in [-0.15, -0.1) is 0 Å². The fraction of sp³-hybridized carbons (Fsp3) is 0.636. The van der Waals surface area contributed by atoms with Gasteiger partial charge in [0.05, 0.1) is 39.8 Å². The second kappa shape index (κ2) is 7.49. The quantitative estimate of drug-likeness (QED) is 0.329. The van der Waals surface area contributed by atoms with E-state index < -0.39 is 0 Å². The van der Waals surface area contributed by atoms with E-state index in [1.54, 1.807) is 6.20 Å². The van der Waals surface area contributed by atoms with E-state index in [2.05, 4.69) is 7.05 Å². The maximum atomic E-state index is 8.94. The van der Waals surface area contributed by atoms with Gasteiger partial charge >= 0.3 is 0 Å². The highest BCUT2D eigenvalue weighted by Gasteiger charge is 2.26. The van der Waals surface area contributed by atoms with Crippen LogP contribution in [0.1, 0.15) is 0 Å². The van der Waals surface area contributed by atoms with Crippen LogP contribution in [0.5, 0.6) is 0 Å². The predicted octanol–water partition coefficient (Wildman–Crippen LogP) is -3.32. The van der Waals surface area contributed by atoms with Gasteiger partial charge in [0.1, 0.15) is 24.3 Å². The number of quaternary nitrogens is 1. The molecule has 0 atom stereocenters. The number of hydrogen-bond donors (Lipinski definition) is 1. The molecule has 0 aromatic rings. The Kier molecular flexibility index (Phi) is 7.12. The first-order chi connectivity index (χ1) is 7.63. The molecule has 94 valence electrons. The zero-order valence-corrected chi connectivity index (χ0v) is 12.1. The van der Waals surface area contributed by atoms with Gasteiger partial charge in [0, 0.05) is 6.20 Å². The molecule has 1 N–H and O–H groups in total. The summed E-state index contributed by atoms with van der Waals surface area (Å²) in [4.78, 5) is 2.00. The Hall–Kier alpha value is -0.830. The van der Waals surface area contributed by atoms with Crippen LogP contribution >= 0.6 is 0 Å². The van der Waals surface area contributed by atoms with E-state index in [9.17, 15) is 0 Å². The Morgan fingerprint density at radius 2 is 1.88 bits per heavy atom. The maximum absolute atomic E-state index is 8.94. The number of aliphatic hydroxyl groups excluding tert-OH is 1. The second-order valence-corrected chi connectivity index (χ2v) is 4.32. The van der Waals surface area contributed by atoms with E-state index in [-0.39, 0.29) is 36.2 Å². The number of aliphatic hydroxyl groups is 1. The molecule has 1 heterocycles. The number of hydrogen-bond acceptors (Lipinski definition) is 4. The molecular weight excluding hydrogens is 331 g/mol. The Morgan fingerprint density at radius 3 is 2.29 bits per heavy atom. The van der Waals surface area contributed by atoms with Crippen molar-refractivity contribution in [2.45, 2.75) is 0 Å². The van der Waals surface area contributed by atoms with Crippen molar-refractivity contribution in [1.29, 1.82) is 10.5 Å². The number of piperazine rings is 1. The Balaban J connectivity index is 0.00000256. The van der Waals surface area contributed by atoms with Crippen molar-refractivity contribution in [3.05, 3.63) is 11.8 Å². The highest BCUT2D eigenvalue weighted by Crippen LogP contribution is 2.10. The highest BCUT2D eigenvalue weighted by molar-refractivity contribution is 5.34. The van der Waals surface area contributed by atoms with Crippen molar-refractivity contribution in [2.24, 2.45) is 0 Å². The van der Waals surface area contributed by atoms with Crippen LogP contribution in [-0.2, 0) is 0 Å². The summed E-state index contributed by atoms with van der Waals surface area (Å²) < 4.78 is 0.856. The van der Waals surface area contributed by atoms with Gasteiger partial charge in [-0.05, 0) is 0 Å². The summed E-state index contributed by atoms with van der Waals surface area (Å²) in [5.41, 5.74) is 0.151. The van der Waals surface area contributed by atoms with E-state index >= 15 is 0 Å². The fourth-order valence-corrected chi connectivity index (χ4v) is 1.82. The van der Waals surface area contributed by atoms with Crippen LogP contribution in [0.4, 0.5) is 0 Å². The third-order valence-electron chi connectivity index (χ3n) is 3.05. The van der Waals surface area contributed by atoms with Crippen LogP contribution in [0.25, 0.3) is 0 Å². The zero-order chi connectivity index (χ0) is 12.0. The lowest BCUT2D eigenvalue weighted by Crippen LogP contribution is -3.00. The van der Waals surface area contributed by atoms with Gasteiger partial charge in [0.15, 0.2) is 0 Å². The zero-order valence-electron chi connectivity index (χ0n) is 9.93. The number of nitrogens with zero attached hydrogens (tertiary/aromatic N) is 4. The molecule has 1 rings (SSSR count). The Morgan fingerprint density at radius 1 is 1.35 bits per heavy atom. The minimum Gasteiger partial charge on any atom is -1.00 e. The van der Waals surface area contributed by atoms with Crippen LogP contribution in [0.3, 0.4) is 0 Å². The smallest absolute Gasteiger partial charge is 0.145 e. The Bertz CT molecular complexity index is 331. The van der Waals surface area contributed by atoms with Gasteiger partial charge in [-0.3, -0.25) is 0 Å². The summed E-state index contributed by atoms with van der Waals surface area (Å²) in [5, 5.41) is 26.2. The molecule has 0 aromatic heterocycles. The van der Waals surface area contributed by atoms with Gasteiger partial charge in [-0.1, -0.05) is 0 Å². The molecule has 0 aliphatic carbocycles. The molecule has 0 unspecified atom stereocenters. The number of rotatable bonds is 3. The largest absolute Gasteiger partial charge is 1.00 e. The summed E-state index contributed by atoms with van der Waals surface area (Å²) in [6, 6.07) is 3.72. The summed E-state index contributed by atoms with van der Waals surface area (Å²) >= 11 is 0. The van der Waals surface area contributed by atoms with Gasteiger partial charge in [-0.2, -0.15) is 10.5 Å². The fourth-order valence-electron chi connectivity index (χ4n) is 1.82. The Labute approximate surface area is 119 Å². The standard InChI is InChI=1S/C11H17N4O.HI/c1-15(6-7-16)4-2-14(3-5-15)10-11(8-12)9-13;/h10,16H,2-7H2,1H3;1H/q+1;/p-1. The van der Waals surface area contributed by atoms with Crippen LogP contribution in [0.15, 0.2) is 11.8 Å². The number of likely N-dealkylation sites (N-methyl/N-ethyl adjacent to an activating group) is 1. The third-order valence-corrected chi connectivity index (χ3v) is 3.05. The molecular formula is C11H17IN4O. The first kappa shape index (κ1) is 16.2. The van der Waals surface area contributed by atoms with Crippen LogP contribution in [-0.4, -0.2) is 60.9 Å². The first-order valence-electron chi connectivity index (χ1n) is 5.34. The van der Waals surface area contributed by atoms with Crippen LogP contribution in [0, 0.1) is 22.7 Å². The minimum absolute atomic E-state index is 0. The van der Waals surface area contributed by atoms with Gasteiger partial charge < -0.3 is 38.5 Å². The van der Waals surface area contributed by atoms with Crippen molar-refractivity contribution in [2.75, 3.05) is 46.4 Å². The second-order valence-electron chi connectivity index (χ2n) is 4.32.